The van der Waals surface area contributed by atoms with E-state index in [9.17, 15) is 19.1 Å². The second-order valence-corrected chi connectivity index (χ2v) is 11.7. The van der Waals surface area contributed by atoms with Gasteiger partial charge in [-0.1, -0.05) is 87.5 Å². The topological polar surface area (TPSA) is 66.8 Å². The Balaban J connectivity index is 1.53. The van der Waals surface area contributed by atoms with Gasteiger partial charge in [0.05, 0.1) is 11.6 Å². The number of rotatable bonds is 7. The third-order valence-electron chi connectivity index (χ3n) is 7.58. The first-order valence-electron chi connectivity index (χ1n) is 13.9. The number of benzene rings is 4. The Morgan fingerprint density at radius 3 is 2.17 bits per heavy atom. The van der Waals surface area contributed by atoms with Crippen molar-refractivity contribution in [2.75, 3.05) is 0 Å². The molecule has 0 aliphatic carbocycles. The van der Waals surface area contributed by atoms with Gasteiger partial charge in [-0.3, -0.25) is 9.59 Å². The van der Waals surface area contributed by atoms with Crippen molar-refractivity contribution in [2.45, 2.75) is 52.3 Å². The minimum Gasteiger partial charge on any atom is -0.507 e. The van der Waals surface area contributed by atoms with E-state index in [4.69, 9.17) is 4.74 Å². The van der Waals surface area contributed by atoms with Crippen molar-refractivity contribution in [3.8, 4) is 5.75 Å². The molecule has 42 heavy (non-hydrogen) atoms. The van der Waals surface area contributed by atoms with E-state index in [0.29, 0.717) is 29.0 Å². The van der Waals surface area contributed by atoms with Crippen LogP contribution in [0, 0.1) is 12.7 Å². The molecular weight excluding hydrogens is 529 g/mol. The minimum atomic E-state index is -0.821. The number of aliphatic hydroxyl groups excluding tert-OH is 1. The second kappa shape index (κ2) is 11.6. The van der Waals surface area contributed by atoms with Crippen molar-refractivity contribution >= 4 is 17.4 Å². The van der Waals surface area contributed by atoms with Crippen molar-refractivity contribution in [2.24, 2.45) is 0 Å². The predicted octanol–water partition coefficient (Wildman–Crippen LogP) is 7.63. The fraction of sp³-hybridized carbons (Fsp3) is 0.222. The summed E-state index contributed by atoms with van der Waals surface area (Å²) in [5.41, 5.74) is 4.62. The Hall–Kier alpha value is -4.71. The molecule has 0 aromatic heterocycles. The number of hydrogen-bond donors (Lipinski definition) is 1. The van der Waals surface area contributed by atoms with E-state index in [1.807, 2.05) is 61.5 Å². The maximum atomic E-state index is 13.6. The minimum absolute atomic E-state index is 0.0166. The largest absolute Gasteiger partial charge is 0.507 e. The molecule has 1 heterocycles. The summed E-state index contributed by atoms with van der Waals surface area (Å²) in [5.74, 6) is -1.47. The maximum Gasteiger partial charge on any atom is 0.295 e. The lowest BCUT2D eigenvalue weighted by Crippen LogP contribution is -2.29. The van der Waals surface area contributed by atoms with Crippen LogP contribution in [-0.2, 0) is 28.2 Å². The van der Waals surface area contributed by atoms with Crippen molar-refractivity contribution in [1.29, 1.82) is 0 Å². The van der Waals surface area contributed by atoms with Crippen molar-refractivity contribution in [1.82, 2.24) is 4.90 Å². The molecule has 1 N–H and O–H groups in total. The van der Waals surface area contributed by atoms with E-state index >= 15 is 0 Å². The van der Waals surface area contributed by atoms with Crippen LogP contribution in [-0.4, -0.2) is 21.7 Å². The first-order chi connectivity index (χ1) is 20.0. The van der Waals surface area contributed by atoms with Gasteiger partial charge in [0.15, 0.2) is 0 Å². The van der Waals surface area contributed by atoms with Crippen LogP contribution < -0.4 is 4.74 Å². The molecule has 1 saturated heterocycles. The Kier molecular flexibility index (Phi) is 7.99. The summed E-state index contributed by atoms with van der Waals surface area (Å²) in [7, 11) is 0. The number of Topliss-reactive ketones (excluding diaryl/α,β-unsaturated/α-hetero) is 1. The number of likely N-dealkylation sites (tertiary alicyclic amines) is 1. The Bertz CT molecular complexity index is 1640. The van der Waals surface area contributed by atoms with Crippen LogP contribution in [0.1, 0.15) is 60.2 Å². The summed E-state index contributed by atoms with van der Waals surface area (Å²) in [5, 5.41) is 11.6. The molecule has 0 radical (unpaired) electrons. The zero-order valence-corrected chi connectivity index (χ0v) is 24.2. The van der Waals surface area contributed by atoms with Crippen LogP contribution in [0.15, 0.2) is 103 Å². The molecule has 1 unspecified atom stereocenters. The first kappa shape index (κ1) is 28.8. The maximum absolute atomic E-state index is 13.6. The van der Waals surface area contributed by atoms with E-state index in [2.05, 4.69) is 20.8 Å². The molecule has 1 aliphatic heterocycles. The standard InChI is InChI=1S/C36H34FNO4/c1-23-20-27(14-19-30(23)42-22-25-8-6-5-7-9-25)33(39)31-32(26-12-15-28(16-13-26)36(2,3)4)38(35(41)34(31)40)21-24-10-17-29(37)18-11-24/h5-20,32,39H,21-22H2,1-4H3/b33-31-. The number of carbonyl (C=O) groups is 2. The van der Waals surface area contributed by atoms with Gasteiger partial charge in [-0.2, -0.15) is 0 Å². The Morgan fingerprint density at radius 2 is 1.55 bits per heavy atom. The van der Waals surface area contributed by atoms with Crippen LogP contribution in [0.4, 0.5) is 4.39 Å². The number of amides is 1. The highest BCUT2D eigenvalue weighted by Crippen LogP contribution is 2.41. The number of ketones is 1. The number of aliphatic hydroxyl groups is 1. The molecule has 4 aromatic carbocycles. The molecule has 1 atom stereocenters. The molecule has 0 bridgehead atoms. The number of carbonyl (C=O) groups excluding carboxylic acids is 2. The van der Waals surface area contributed by atoms with E-state index in [1.54, 1.807) is 30.3 Å². The lowest BCUT2D eigenvalue weighted by molar-refractivity contribution is -0.140. The monoisotopic (exact) mass is 563 g/mol. The van der Waals surface area contributed by atoms with Gasteiger partial charge in [0.1, 0.15) is 23.9 Å². The van der Waals surface area contributed by atoms with Crippen LogP contribution in [0.2, 0.25) is 0 Å². The highest BCUT2D eigenvalue weighted by molar-refractivity contribution is 6.46. The van der Waals surface area contributed by atoms with Gasteiger partial charge in [-0.05, 0) is 70.5 Å². The second-order valence-electron chi connectivity index (χ2n) is 11.7. The first-order valence-corrected chi connectivity index (χ1v) is 13.9. The summed E-state index contributed by atoms with van der Waals surface area (Å²) in [6.45, 7) is 8.67. The zero-order valence-electron chi connectivity index (χ0n) is 24.2. The summed E-state index contributed by atoms with van der Waals surface area (Å²) in [6, 6.07) is 27.8. The number of nitrogens with zero attached hydrogens (tertiary/aromatic N) is 1. The van der Waals surface area contributed by atoms with E-state index in [1.165, 1.54) is 17.0 Å². The third-order valence-corrected chi connectivity index (χ3v) is 7.58. The van der Waals surface area contributed by atoms with Gasteiger partial charge in [0.25, 0.3) is 11.7 Å². The van der Waals surface area contributed by atoms with E-state index < -0.39 is 17.7 Å². The summed E-state index contributed by atoms with van der Waals surface area (Å²) in [6.07, 6.45) is 0. The predicted molar refractivity (Wildman–Crippen MR) is 161 cm³/mol. The van der Waals surface area contributed by atoms with Crippen LogP contribution in [0.25, 0.3) is 5.76 Å². The lowest BCUT2D eigenvalue weighted by atomic mass is 9.85. The molecule has 6 heteroatoms. The molecule has 1 amide bonds. The number of ether oxygens (including phenoxy) is 1. The Morgan fingerprint density at radius 1 is 0.881 bits per heavy atom. The lowest BCUT2D eigenvalue weighted by Gasteiger charge is -2.26. The number of aryl methyl sites for hydroxylation is 1. The number of halogens is 1. The van der Waals surface area contributed by atoms with E-state index in [0.717, 1.165) is 16.7 Å². The summed E-state index contributed by atoms with van der Waals surface area (Å²) >= 11 is 0. The highest BCUT2D eigenvalue weighted by Gasteiger charge is 2.46. The fourth-order valence-corrected chi connectivity index (χ4v) is 5.19. The third kappa shape index (κ3) is 5.98. The van der Waals surface area contributed by atoms with Gasteiger partial charge in [-0.15, -0.1) is 0 Å². The average molecular weight is 564 g/mol. The quantitative estimate of drug-likeness (QED) is 0.143. The van der Waals surface area contributed by atoms with Crippen LogP contribution in [0.5, 0.6) is 5.75 Å². The van der Waals surface area contributed by atoms with E-state index in [-0.39, 0.29) is 29.1 Å². The van der Waals surface area contributed by atoms with Crippen molar-refractivity contribution in [3.05, 3.63) is 142 Å². The van der Waals surface area contributed by atoms with Gasteiger partial charge in [-0.25, -0.2) is 4.39 Å². The molecule has 5 rings (SSSR count). The molecular formula is C36H34FNO4. The van der Waals surface area contributed by atoms with Crippen LogP contribution >= 0.6 is 0 Å². The molecule has 4 aromatic rings. The summed E-state index contributed by atoms with van der Waals surface area (Å²) < 4.78 is 19.6. The van der Waals surface area contributed by atoms with Crippen molar-refractivity contribution < 1.29 is 23.8 Å². The average Bonchev–Trinajstić information content (AvgIpc) is 3.22. The van der Waals surface area contributed by atoms with Gasteiger partial charge < -0.3 is 14.7 Å². The number of hydrogen-bond acceptors (Lipinski definition) is 4. The van der Waals surface area contributed by atoms with Crippen LogP contribution in [0.3, 0.4) is 0 Å². The SMILES string of the molecule is Cc1cc(/C(O)=C2/C(=O)C(=O)N(Cc3ccc(F)cc3)C2c2ccc(C(C)(C)C)cc2)ccc1OCc1ccccc1. The smallest absolute Gasteiger partial charge is 0.295 e. The van der Waals surface area contributed by atoms with Gasteiger partial charge >= 0.3 is 0 Å². The zero-order chi connectivity index (χ0) is 30.0. The van der Waals surface area contributed by atoms with Gasteiger partial charge in [0.2, 0.25) is 0 Å². The highest BCUT2D eigenvalue weighted by atomic mass is 19.1. The molecule has 5 nitrogen and oxygen atoms in total. The Labute approximate surface area is 245 Å². The molecule has 0 spiro atoms. The fourth-order valence-electron chi connectivity index (χ4n) is 5.19. The normalized spacial score (nSPS) is 16.6. The molecule has 1 fully saturated rings. The molecule has 1 aliphatic rings. The molecule has 0 saturated carbocycles. The van der Waals surface area contributed by atoms with Crippen molar-refractivity contribution in [3.63, 3.8) is 0 Å². The summed E-state index contributed by atoms with van der Waals surface area (Å²) in [4.78, 5) is 28.4. The molecule has 214 valence electrons. The van der Waals surface area contributed by atoms with Gasteiger partial charge in [0, 0.05) is 12.1 Å².